The van der Waals surface area contributed by atoms with Crippen LogP contribution in [0.15, 0.2) is 36.4 Å². The summed E-state index contributed by atoms with van der Waals surface area (Å²) in [4.78, 5) is 23.5. The molecular formula is C21H22ClNO6. The summed E-state index contributed by atoms with van der Waals surface area (Å²) in [6.07, 6.45) is 3.82. The van der Waals surface area contributed by atoms with E-state index in [4.69, 9.17) is 30.9 Å². The van der Waals surface area contributed by atoms with E-state index < -0.39 is 11.9 Å². The molecule has 0 spiro atoms. The van der Waals surface area contributed by atoms with Crippen molar-refractivity contribution in [3.8, 4) is 17.2 Å². The summed E-state index contributed by atoms with van der Waals surface area (Å²) in [6.45, 7) is 2.60. The van der Waals surface area contributed by atoms with Gasteiger partial charge in [0, 0.05) is 12.1 Å². The molecule has 0 unspecified atom stereocenters. The number of amides is 1. The van der Waals surface area contributed by atoms with Gasteiger partial charge in [-0.25, -0.2) is 4.79 Å². The van der Waals surface area contributed by atoms with E-state index in [9.17, 15) is 9.59 Å². The highest BCUT2D eigenvalue weighted by Gasteiger charge is 2.15. The number of hydrogen-bond donors (Lipinski definition) is 2. The molecule has 29 heavy (non-hydrogen) atoms. The number of carboxylic acids is 1. The molecule has 0 aromatic heterocycles. The number of anilines is 1. The lowest BCUT2D eigenvalue weighted by Crippen LogP contribution is -2.09. The molecule has 2 rings (SSSR count). The minimum Gasteiger partial charge on any atom is -0.496 e. The topological polar surface area (TPSA) is 94.1 Å². The lowest BCUT2D eigenvalue weighted by atomic mass is 10.1. The van der Waals surface area contributed by atoms with E-state index in [-0.39, 0.29) is 22.0 Å². The first-order valence-corrected chi connectivity index (χ1v) is 9.18. The first-order valence-electron chi connectivity index (χ1n) is 8.80. The lowest BCUT2D eigenvalue weighted by molar-refractivity contribution is -0.111. The van der Waals surface area contributed by atoms with Crippen LogP contribution in [0.5, 0.6) is 17.2 Å². The number of carbonyl (C=O) groups excluding carboxylic acids is 1. The number of halogens is 1. The van der Waals surface area contributed by atoms with Gasteiger partial charge in [0.1, 0.15) is 11.3 Å². The SMILES string of the molecule is CCCOc1ccc(C=CC(=O)Nc2cc(OC)c(C(=O)O)cc2Cl)cc1OC. The summed E-state index contributed by atoms with van der Waals surface area (Å²) in [5.41, 5.74) is 0.887. The Bertz CT molecular complexity index is 926. The third-order valence-corrected chi connectivity index (χ3v) is 4.17. The summed E-state index contributed by atoms with van der Waals surface area (Å²) >= 11 is 6.07. The fraction of sp³-hybridized carbons (Fsp3) is 0.238. The van der Waals surface area contributed by atoms with Crippen LogP contribution in [-0.4, -0.2) is 37.8 Å². The highest BCUT2D eigenvalue weighted by atomic mass is 35.5. The van der Waals surface area contributed by atoms with Gasteiger partial charge in [0.2, 0.25) is 5.91 Å². The van der Waals surface area contributed by atoms with Gasteiger partial charge < -0.3 is 24.6 Å². The number of carbonyl (C=O) groups is 2. The Balaban J connectivity index is 2.15. The van der Waals surface area contributed by atoms with Crippen LogP contribution in [0, 0.1) is 0 Å². The number of carboxylic acid groups (broad SMARTS) is 1. The van der Waals surface area contributed by atoms with E-state index in [2.05, 4.69) is 5.32 Å². The summed E-state index contributed by atoms with van der Waals surface area (Å²) < 4.78 is 16.0. The molecule has 0 atom stereocenters. The van der Waals surface area contributed by atoms with E-state index in [0.717, 1.165) is 12.0 Å². The summed E-state index contributed by atoms with van der Waals surface area (Å²) in [5.74, 6) is -0.330. The summed E-state index contributed by atoms with van der Waals surface area (Å²) in [5, 5.41) is 11.8. The van der Waals surface area contributed by atoms with Crippen molar-refractivity contribution in [2.45, 2.75) is 13.3 Å². The van der Waals surface area contributed by atoms with Gasteiger partial charge >= 0.3 is 5.97 Å². The van der Waals surface area contributed by atoms with Gasteiger partial charge in [0.25, 0.3) is 0 Å². The fourth-order valence-corrected chi connectivity index (χ4v) is 2.66. The van der Waals surface area contributed by atoms with Crippen LogP contribution < -0.4 is 19.5 Å². The quantitative estimate of drug-likeness (QED) is 0.581. The number of aromatic carboxylic acids is 1. The minimum atomic E-state index is -1.18. The molecule has 0 saturated carbocycles. The third kappa shape index (κ3) is 5.89. The molecule has 0 bridgehead atoms. The molecule has 0 aliphatic heterocycles. The zero-order valence-corrected chi connectivity index (χ0v) is 17.1. The predicted octanol–water partition coefficient (Wildman–Crippen LogP) is 4.50. The standard InChI is InChI=1S/C21H22ClNO6/c1-4-9-29-17-7-5-13(10-19(17)28-3)6-8-20(24)23-16-12-18(27-2)14(21(25)26)11-15(16)22/h5-8,10-12H,4,9H2,1-3H3,(H,23,24)(H,25,26). The van der Waals surface area contributed by atoms with E-state index in [1.54, 1.807) is 31.4 Å². The highest BCUT2D eigenvalue weighted by molar-refractivity contribution is 6.34. The van der Waals surface area contributed by atoms with Gasteiger partial charge in [-0.1, -0.05) is 24.6 Å². The van der Waals surface area contributed by atoms with Crippen LogP contribution >= 0.6 is 11.6 Å². The van der Waals surface area contributed by atoms with Crippen molar-refractivity contribution in [2.75, 3.05) is 26.1 Å². The Morgan fingerprint density at radius 3 is 2.45 bits per heavy atom. The second kappa shape index (κ2) is 10.4. The van der Waals surface area contributed by atoms with Crippen molar-refractivity contribution >= 4 is 35.2 Å². The maximum atomic E-state index is 12.2. The van der Waals surface area contributed by atoms with Gasteiger partial charge in [-0.3, -0.25) is 4.79 Å². The summed E-state index contributed by atoms with van der Waals surface area (Å²) in [7, 11) is 2.88. The lowest BCUT2D eigenvalue weighted by Gasteiger charge is -2.11. The fourth-order valence-electron chi connectivity index (χ4n) is 2.45. The van der Waals surface area contributed by atoms with E-state index in [1.807, 2.05) is 6.92 Å². The van der Waals surface area contributed by atoms with Crippen LogP contribution in [0.1, 0.15) is 29.3 Å². The molecule has 0 fully saturated rings. The van der Waals surface area contributed by atoms with E-state index in [1.165, 1.54) is 25.3 Å². The molecule has 0 saturated heterocycles. The first-order chi connectivity index (χ1) is 13.9. The van der Waals surface area contributed by atoms with Crippen LogP contribution in [0.25, 0.3) is 6.08 Å². The molecular weight excluding hydrogens is 398 g/mol. The van der Waals surface area contributed by atoms with E-state index in [0.29, 0.717) is 18.1 Å². The van der Waals surface area contributed by atoms with Crippen molar-refractivity contribution < 1.29 is 28.9 Å². The van der Waals surface area contributed by atoms with Gasteiger partial charge in [0.05, 0.1) is 31.5 Å². The van der Waals surface area contributed by atoms with Crippen LogP contribution in [0.4, 0.5) is 5.69 Å². The van der Waals surface area contributed by atoms with Gasteiger partial charge in [-0.05, 0) is 36.3 Å². The number of benzene rings is 2. The van der Waals surface area contributed by atoms with E-state index >= 15 is 0 Å². The minimum absolute atomic E-state index is 0.0871. The van der Waals surface area contributed by atoms with Crippen molar-refractivity contribution in [3.63, 3.8) is 0 Å². The van der Waals surface area contributed by atoms with Gasteiger partial charge in [-0.15, -0.1) is 0 Å². The smallest absolute Gasteiger partial charge is 0.339 e. The normalized spacial score (nSPS) is 10.6. The zero-order valence-electron chi connectivity index (χ0n) is 16.3. The maximum Gasteiger partial charge on any atom is 0.339 e. The number of methoxy groups -OCH3 is 2. The Morgan fingerprint density at radius 2 is 1.83 bits per heavy atom. The highest BCUT2D eigenvalue weighted by Crippen LogP contribution is 2.31. The molecule has 0 heterocycles. The van der Waals surface area contributed by atoms with Crippen molar-refractivity contribution in [1.82, 2.24) is 0 Å². The second-order valence-electron chi connectivity index (χ2n) is 5.92. The van der Waals surface area contributed by atoms with Crippen LogP contribution in [0.3, 0.4) is 0 Å². The van der Waals surface area contributed by atoms with Crippen molar-refractivity contribution in [2.24, 2.45) is 0 Å². The Morgan fingerprint density at radius 1 is 1.10 bits per heavy atom. The molecule has 8 heteroatoms. The molecule has 0 aliphatic carbocycles. The average molecular weight is 420 g/mol. The molecule has 0 aliphatic rings. The van der Waals surface area contributed by atoms with Crippen molar-refractivity contribution in [1.29, 1.82) is 0 Å². The zero-order chi connectivity index (χ0) is 21.4. The molecule has 0 radical (unpaired) electrons. The maximum absolute atomic E-state index is 12.2. The van der Waals surface area contributed by atoms with Gasteiger partial charge in [-0.2, -0.15) is 0 Å². The molecule has 2 aromatic rings. The Labute approximate surface area is 173 Å². The third-order valence-electron chi connectivity index (χ3n) is 3.85. The molecule has 154 valence electrons. The molecule has 2 aromatic carbocycles. The first kappa shape index (κ1) is 22.1. The second-order valence-corrected chi connectivity index (χ2v) is 6.33. The molecule has 1 amide bonds. The number of hydrogen-bond acceptors (Lipinski definition) is 5. The van der Waals surface area contributed by atoms with Crippen LogP contribution in [-0.2, 0) is 4.79 Å². The number of ether oxygens (including phenoxy) is 3. The molecule has 7 nitrogen and oxygen atoms in total. The monoisotopic (exact) mass is 419 g/mol. The van der Waals surface area contributed by atoms with Crippen LogP contribution in [0.2, 0.25) is 5.02 Å². The molecule has 2 N–H and O–H groups in total. The average Bonchev–Trinajstić information content (AvgIpc) is 2.71. The Hall–Kier alpha value is -3.19. The van der Waals surface area contributed by atoms with Gasteiger partial charge in [0.15, 0.2) is 11.5 Å². The van der Waals surface area contributed by atoms with Crippen molar-refractivity contribution in [3.05, 3.63) is 52.6 Å². The predicted molar refractivity (Wildman–Crippen MR) is 111 cm³/mol. The number of nitrogens with one attached hydrogen (secondary N) is 1. The Kier molecular flexibility index (Phi) is 7.91. The summed E-state index contributed by atoms with van der Waals surface area (Å²) in [6, 6.07) is 7.92. The largest absolute Gasteiger partial charge is 0.496 e. The number of rotatable bonds is 9.